The van der Waals surface area contributed by atoms with Crippen LogP contribution >= 0.6 is 0 Å². The highest BCUT2D eigenvalue weighted by atomic mass is 16.5. The standard InChI is InChI=1S/C19H27NO4/c1-14-4-2-3-5-15(14)6-7-17(22)20-11-9-19(10-12-20)18(23)16(21)8-13-24-19/h2-5,16,18,21,23H,6-13H2,1H3/t16-,18-/m0/s1. The fraction of sp³-hybridized carbons (Fsp3) is 0.632. The number of aliphatic hydroxyl groups is 2. The second-order valence-electron chi connectivity index (χ2n) is 7.02. The molecule has 2 aliphatic heterocycles. The number of likely N-dealkylation sites (tertiary alicyclic amines) is 1. The molecule has 1 spiro atoms. The molecule has 3 rings (SSSR count). The van der Waals surface area contributed by atoms with Crippen LogP contribution in [0.4, 0.5) is 0 Å². The van der Waals surface area contributed by atoms with Crippen molar-refractivity contribution in [2.45, 2.75) is 56.8 Å². The van der Waals surface area contributed by atoms with Crippen LogP contribution in [0.15, 0.2) is 24.3 Å². The molecule has 1 aromatic carbocycles. The van der Waals surface area contributed by atoms with Gasteiger partial charge in [-0.3, -0.25) is 4.79 Å². The number of amides is 1. The summed E-state index contributed by atoms with van der Waals surface area (Å²) >= 11 is 0. The average molecular weight is 333 g/mol. The third-order valence-electron chi connectivity index (χ3n) is 5.54. The average Bonchev–Trinajstić information content (AvgIpc) is 2.59. The van der Waals surface area contributed by atoms with Gasteiger partial charge in [0.25, 0.3) is 0 Å². The van der Waals surface area contributed by atoms with Gasteiger partial charge < -0.3 is 19.8 Å². The lowest BCUT2D eigenvalue weighted by atomic mass is 9.80. The number of benzene rings is 1. The molecule has 2 saturated heterocycles. The number of aryl methyl sites for hydroxylation is 2. The van der Waals surface area contributed by atoms with E-state index in [-0.39, 0.29) is 5.91 Å². The van der Waals surface area contributed by atoms with Gasteiger partial charge in [-0.1, -0.05) is 24.3 Å². The number of hydrogen-bond acceptors (Lipinski definition) is 4. The SMILES string of the molecule is Cc1ccccc1CCC(=O)N1CCC2(CC1)OCC[C@H](O)[C@@H]2O. The van der Waals surface area contributed by atoms with Crippen molar-refractivity contribution >= 4 is 5.91 Å². The van der Waals surface area contributed by atoms with E-state index >= 15 is 0 Å². The van der Waals surface area contributed by atoms with Crippen molar-refractivity contribution in [2.75, 3.05) is 19.7 Å². The maximum Gasteiger partial charge on any atom is 0.222 e. The third-order valence-corrected chi connectivity index (χ3v) is 5.54. The maximum absolute atomic E-state index is 12.5. The van der Waals surface area contributed by atoms with Crippen LogP contribution in [0.5, 0.6) is 0 Å². The zero-order valence-electron chi connectivity index (χ0n) is 14.3. The predicted molar refractivity (Wildman–Crippen MR) is 90.6 cm³/mol. The Labute approximate surface area is 143 Å². The van der Waals surface area contributed by atoms with Gasteiger partial charge in [0, 0.05) is 19.5 Å². The Morgan fingerprint density at radius 1 is 1.29 bits per heavy atom. The molecular formula is C19H27NO4. The normalized spacial score (nSPS) is 26.5. The van der Waals surface area contributed by atoms with Gasteiger partial charge in [0.15, 0.2) is 0 Å². The van der Waals surface area contributed by atoms with Crippen LogP contribution in [0.2, 0.25) is 0 Å². The predicted octanol–water partition coefficient (Wildman–Crippen LogP) is 1.43. The van der Waals surface area contributed by atoms with E-state index in [1.54, 1.807) is 0 Å². The summed E-state index contributed by atoms with van der Waals surface area (Å²) in [6.45, 7) is 3.70. The summed E-state index contributed by atoms with van der Waals surface area (Å²) in [6, 6.07) is 8.15. The van der Waals surface area contributed by atoms with E-state index in [0.717, 1.165) is 6.42 Å². The highest BCUT2D eigenvalue weighted by molar-refractivity contribution is 5.76. The van der Waals surface area contributed by atoms with Gasteiger partial charge in [0.1, 0.15) is 6.10 Å². The van der Waals surface area contributed by atoms with Crippen molar-refractivity contribution in [3.8, 4) is 0 Å². The first-order valence-corrected chi connectivity index (χ1v) is 8.84. The van der Waals surface area contributed by atoms with Crippen molar-refractivity contribution in [2.24, 2.45) is 0 Å². The molecule has 1 aromatic rings. The summed E-state index contributed by atoms with van der Waals surface area (Å²) in [5.74, 6) is 0.152. The van der Waals surface area contributed by atoms with E-state index in [1.807, 2.05) is 17.0 Å². The number of ether oxygens (including phenoxy) is 1. The fourth-order valence-electron chi connectivity index (χ4n) is 3.84. The smallest absolute Gasteiger partial charge is 0.222 e. The minimum atomic E-state index is -0.851. The summed E-state index contributed by atoms with van der Waals surface area (Å²) < 4.78 is 5.81. The quantitative estimate of drug-likeness (QED) is 0.878. The first kappa shape index (κ1) is 17.4. The number of piperidine rings is 1. The van der Waals surface area contributed by atoms with Gasteiger partial charge in [0.2, 0.25) is 5.91 Å². The Bertz CT molecular complexity index is 580. The van der Waals surface area contributed by atoms with Crippen molar-refractivity contribution in [1.29, 1.82) is 0 Å². The van der Waals surface area contributed by atoms with Crippen LogP contribution in [0.25, 0.3) is 0 Å². The molecule has 1 amide bonds. The molecule has 2 aliphatic rings. The van der Waals surface area contributed by atoms with E-state index in [1.165, 1.54) is 11.1 Å². The molecule has 0 aromatic heterocycles. The van der Waals surface area contributed by atoms with Gasteiger partial charge in [0.05, 0.1) is 18.3 Å². The van der Waals surface area contributed by atoms with Gasteiger partial charge in [-0.15, -0.1) is 0 Å². The summed E-state index contributed by atoms with van der Waals surface area (Å²) in [7, 11) is 0. The molecule has 0 bridgehead atoms. The number of nitrogens with zero attached hydrogens (tertiary/aromatic N) is 1. The Hall–Kier alpha value is -1.43. The second-order valence-corrected chi connectivity index (χ2v) is 7.02. The number of rotatable bonds is 3. The van der Waals surface area contributed by atoms with Crippen LogP contribution < -0.4 is 0 Å². The van der Waals surface area contributed by atoms with Crippen LogP contribution in [-0.2, 0) is 16.0 Å². The monoisotopic (exact) mass is 333 g/mol. The van der Waals surface area contributed by atoms with Gasteiger partial charge in [-0.2, -0.15) is 0 Å². The number of carbonyl (C=O) groups excluding carboxylic acids is 1. The fourth-order valence-corrected chi connectivity index (χ4v) is 3.84. The van der Waals surface area contributed by atoms with Crippen LogP contribution in [0.3, 0.4) is 0 Å². The van der Waals surface area contributed by atoms with E-state index in [0.29, 0.717) is 45.4 Å². The lowest BCUT2D eigenvalue weighted by Crippen LogP contribution is -2.60. The molecule has 2 N–H and O–H groups in total. The Morgan fingerprint density at radius 2 is 2.00 bits per heavy atom. The lowest BCUT2D eigenvalue weighted by molar-refractivity contribution is -0.214. The molecule has 5 heteroatoms. The maximum atomic E-state index is 12.5. The second kappa shape index (κ2) is 7.21. The molecule has 5 nitrogen and oxygen atoms in total. The molecule has 2 atom stereocenters. The minimum absolute atomic E-state index is 0.152. The van der Waals surface area contributed by atoms with E-state index in [2.05, 4.69) is 19.1 Å². The number of carbonyl (C=O) groups is 1. The van der Waals surface area contributed by atoms with Gasteiger partial charge >= 0.3 is 0 Å². The van der Waals surface area contributed by atoms with Crippen molar-refractivity contribution in [3.05, 3.63) is 35.4 Å². The molecule has 0 aliphatic carbocycles. The molecule has 0 saturated carbocycles. The first-order valence-electron chi connectivity index (χ1n) is 8.84. The lowest BCUT2D eigenvalue weighted by Gasteiger charge is -2.48. The first-order chi connectivity index (χ1) is 11.5. The van der Waals surface area contributed by atoms with Crippen molar-refractivity contribution < 1.29 is 19.7 Å². The molecular weight excluding hydrogens is 306 g/mol. The number of aliphatic hydroxyl groups excluding tert-OH is 2. The number of hydrogen-bond donors (Lipinski definition) is 2. The molecule has 24 heavy (non-hydrogen) atoms. The highest BCUT2D eigenvalue weighted by Crippen LogP contribution is 2.35. The van der Waals surface area contributed by atoms with Crippen molar-refractivity contribution in [1.82, 2.24) is 4.90 Å². The van der Waals surface area contributed by atoms with E-state index in [4.69, 9.17) is 4.74 Å². The van der Waals surface area contributed by atoms with E-state index in [9.17, 15) is 15.0 Å². The Morgan fingerprint density at radius 3 is 2.71 bits per heavy atom. The Kier molecular flexibility index (Phi) is 5.23. The van der Waals surface area contributed by atoms with Crippen LogP contribution in [-0.4, -0.2) is 58.5 Å². The topological polar surface area (TPSA) is 70.0 Å². The molecule has 132 valence electrons. The molecule has 0 unspecified atom stereocenters. The summed E-state index contributed by atoms with van der Waals surface area (Å²) in [5, 5.41) is 20.2. The zero-order valence-corrected chi connectivity index (χ0v) is 14.3. The summed E-state index contributed by atoms with van der Waals surface area (Å²) in [5.41, 5.74) is 1.76. The van der Waals surface area contributed by atoms with E-state index < -0.39 is 17.8 Å². The minimum Gasteiger partial charge on any atom is -0.390 e. The van der Waals surface area contributed by atoms with Crippen LogP contribution in [0, 0.1) is 6.92 Å². The Balaban J connectivity index is 1.53. The largest absolute Gasteiger partial charge is 0.390 e. The molecule has 2 heterocycles. The van der Waals surface area contributed by atoms with Gasteiger partial charge in [-0.05, 0) is 43.7 Å². The summed E-state index contributed by atoms with van der Waals surface area (Å²) in [4.78, 5) is 14.3. The van der Waals surface area contributed by atoms with Gasteiger partial charge in [-0.25, -0.2) is 0 Å². The molecule has 2 fully saturated rings. The highest BCUT2D eigenvalue weighted by Gasteiger charge is 2.47. The van der Waals surface area contributed by atoms with Crippen molar-refractivity contribution in [3.63, 3.8) is 0 Å². The molecule has 0 radical (unpaired) electrons. The zero-order chi connectivity index (χ0) is 17.2. The summed E-state index contributed by atoms with van der Waals surface area (Å²) in [6.07, 6.45) is 1.33. The van der Waals surface area contributed by atoms with Crippen LogP contribution in [0.1, 0.15) is 36.8 Å². The third kappa shape index (κ3) is 3.48.